The minimum absolute atomic E-state index is 0.257. The Balaban J connectivity index is 1.76. The molecular formula is C64H115NO13. The van der Waals surface area contributed by atoms with Gasteiger partial charge in [0.1, 0.15) is 48.8 Å². The van der Waals surface area contributed by atoms with Gasteiger partial charge in [-0.15, -0.1) is 0 Å². The normalized spacial score (nSPS) is 24.9. The van der Waals surface area contributed by atoms with E-state index in [9.17, 15) is 45.6 Å². The first-order chi connectivity index (χ1) is 38.1. The molecule has 14 nitrogen and oxygen atoms in total. The summed E-state index contributed by atoms with van der Waals surface area (Å²) in [5.74, 6) is -0.262. The van der Waals surface area contributed by atoms with E-state index in [0.29, 0.717) is 12.8 Å². The fourth-order valence-corrected chi connectivity index (χ4v) is 10.1. The number of hydrogen-bond acceptors (Lipinski definition) is 13. The molecule has 78 heavy (non-hydrogen) atoms. The Morgan fingerprint density at radius 2 is 0.859 bits per heavy atom. The summed E-state index contributed by atoms with van der Waals surface area (Å²) in [5.41, 5.74) is 0. The molecule has 0 spiro atoms. The molecule has 2 fully saturated rings. The lowest BCUT2D eigenvalue weighted by Gasteiger charge is -2.46. The van der Waals surface area contributed by atoms with E-state index < -0.39 is 86.8 Å². The molecule has 0 radical (unpaired) electrons. The topological polar surface area (TPSA) is 228 Å². The lowest BCUT2D eigenvalue weighted by Crippen LogP contribution is -2.65. The van der Waals surface area contributed by atoms with Crippen LogP contribution in [0.15, 0.2) is 60.8 Å². The molecule has 12 unspecified atom stereocenters. The van der Waals surface area contributed by atoms with Gasteiger partial charge in [0.25, 0.3) is 0 Å². The molecule has 0 saturated carbocycles. The van der Waals surface area contributed by atoms with Crippen LogP contribution in [0.2, 0.25) is 0 Å². The van der Waals surface area contributed by atoms with Crippen molar-refractivity contribution >= 4 is 5.91 Å². The number of carbonyl (C=O) groups excluding carboxylic acids is 1. The number of unbranched alkanes of at least 4 members (excludes halogenated alkanes) is 29. The maximum absolute atomic E-state index is 13.3. The van der Waals surface area contributed by atoms with Crippen LogP contribution in [0.5, 0.6) is 0 Å². The lowest BCUT2D eigenvalue weighted by atomic mass is 9.97. The minimum Gasteiger partial charge on any atom is -0.394 e. The SMILES string of the molecule is CCCCC/C=C\C/C=C\C/C=C\CCCCCCCCC(=O)NC(COC1OC(CO)C(OC2OC(CO)C(O)C(O)C2O)C(O)C1O)C(O)/C=C/CC/C=C/CCCCCCCCCCCCCCCCCCCCC. The third-order valence-electron chi connectivity index (χ3n) is 15.2. The molecule has 9 N–H and O–H groups in total. The minimum atomic E-state index is -1.79. The first kappa shape index (κ1) is 71.8. The summed E-state index contributed by atoms with van der Waals surface area (Å²) >= 11 is 0. The molecule has 0 aromatic rings. The van der Waals surface area contributed by atoms with Crippen LogP contribution in [0.1, 0.15) is 245 Å². The van der Waals surface area contributed by atoms with Crippen LogP contribution in [0.3, 0.4) is 0 Å². The molecule has 1 amide bonds. The maximum atomic E-state index is 13.3. The molecule has 12 atom stereocenters. The highest BCUT2D eigenvalue weighted by Crippen LogP contribution is 2.30. The number of allylic oxidation sites excluding steroid dienone is 9. The highest BCUT2D eigenvalue weighted by atomic mass is 16.7. The fraction of sp³-hybridized carbons (Fsp3) is 0.828. The van der Waals surface area contributed by atoms with Crippen LogP contribution in [0.25, 0.3) is 0 Å². The third kappa shape index (κ3) is 34.2. The van der Waals surface area contributed by atoms with Crippen molar-refractivity contribution in [2.75, 3.05) is 19.8 Å². The van der Waals surface area contributed by atoms with Gasteiger partial charge in [-0.1, -0.05) is 229 Å². The first-order valence-electron chi connectivity index (χ1n) is 31.5. The van der Waals surface area contributed by atoms with Gasteiger partial charge in [-0.25, -0.2) is 0 Å². The highest BCUT2D eigenvalue weighted by Gasteiger charge is 2.51. The Morgan fingerprint density at radius 3 is 1.37 bits per heavy atom. The molecule has 0 bridgehead atoms. The molecule has 2 saturated heterocycles. The Kier molecular flexibility index (Phi) is 45.4. The fourth-order valence-electron chi connectivity index (χ4n) is 10.1. The van der Waals surface area contributed by atoms with E-state index in [-0.39, 0.29) is 18.9 Å². The standard InChI is InChI=1S/C64H115NO13/c1-3-5-7-9-11-13-15-17-19-21-23-24-25-26-27-28-30-31-33-35-37-39-41-43-45-47-53(68)52(65-56(69)48-46-44-42-40-38-36-34-32-29-22-20-18-16-14-12-10-8-6-4-2)51-75-63-61(74)59(72)62(55(50-67)77-63)78-64-60(73)58(71)57(70)54(49-66)76-64/h12,14,18,20,29,32,37,39,45,47,52-55,57-64,66-68,70-74H,3-11,13,15-17,19,21-28,30-31,33-36,38,40-44,46,48-51H2,1-2H3,(H,65,69)/b14-12-,20-18-,32-29-,39-37+,47-45+. The van der Waals surface area contributed by atoms with E-state index in [4.69, 9.17) is 18.9 Å². The number of ether oxygens (including phenoxy) is 4. The zero-order valence-corrected chi connectivity index (χ0v) is 48.9. The van der Waals surface area contributed by atoms with E-state index in [0.717, 1.165) is 64.2 Å². The Morgan fingerprint density at radius 1 is 0.462 bits per heavy atom. The van der Waals surface area contributed by atoms with Crippen LogP contribution in [-0.2, 0) is 23.7 Å². The second kappa shape index (κ2) is 49.3. The first-order valence-corrected chi connectivity index (χ1v) is 31.5. The van der Waals surface area contributed by atoms with Gasteiger partial charge in [0.05, 0.1) is 32.0 Å². The molecule has 2 aliphatic heterocycles. The van der Waals surface area contributed by atoms with Crippen molar-refractivity contribution in [2.24, 2.45) is 0 Å². The van der Waals surface area contributed by atoms with Crippen LogP contribution in [-0.4, -0.2) is 140 Å². The van der Waals surface area contributed by atoms with Crippen LogP contribution in [0, 0.1) is 0 Å². The number of amides is 1. The molecule has 2 heterocycles. The van der Waals surface area contributed by atoms with Crippen molar-refractivity contribution in [3.8, 4) is 0 Å². The summed E-state index contributed by atoms with van der Waals surface area (Å²) in [4.78, 5) is 13.3. The van der Waals surface area contributed by atoms with Gasteiger partial charge in [0.2, 0.25) is 5.91 Å². The van der Waals surface area contributed by atoms with E-state index in [1.165, 1.54) is 148 Å². The Hall–Kier alpha value is -2.31. The molecular weight excluding hydrogens is 991 g/mol. The average Bonchev–Trinajstić information content (AvgIpc) is 3.48. The van der Waals surface area contributed by atoms with E-state index in [2.05, 4.69) is 67.8 Å². The monoisotopic (exact) mass is 1110 g/mol. The second-order valence-electron chi connectivity index (χ2n) is 22.2. The van der Waals surface area contributed by atoms with E-state index >= 15 is 0 Å². The number of aliphatic hydroxyl groups excluding tert-OH is 8. The smallest absolute Gasteiger partial charge is 0.220 e. The van der Waals surface area contributed by atoms with Gasteiger partial charge in [0, 0.05) is 6.42 Å². The molecule has 0 aromatic heterocycles. The number of rotatable bonds is 50. The van der Waals surface area contributed by atoms with Crippen molar-refractivity contribution in [3.63, 3.8) is 0 Å². The quantitative estimate of drug-likeness (QED) is 0.0204. The van der Waals surface area contributed by atoms with Crippen molar-refractivity contribution in [1.29, 1.82) is 0 Å². The van der Waals surface area contributed by atoms with Crippen LogP contribution >= 0.6 is 0 Å². The van der Waals surface area contributed by atoms with Crippen molar-refractivity contribution < 1.29 is 64.6 Å². The summed E-state index contributed by atoms with van der Waals surface area (Å²) in [7, 11) is 0. The maximum Gasteiger partial charge on any atom is 0.220 e. The summed E-state index contributed by atoms with van der Waals surface area (Å²) < 4.78 is 22.8. The van der Waals surface area contributed by atoms with Gasteiger partial charge >= 0.3 is 0 Å². The van der Waals surface area contributed by atoms with Gasteiger partial charge in [-0.2, -0.15) is 0 Å². The van der Waals surface area contributed by atoms with E-state index in [1.54, 1.807) is 6.08 Å². The zero-order chi connectivity index (χ0) is 56.7. The Labute approximate surface area is 473 Å². The average molecular weight is 1110 g/mol. The predicted octanol–water partition coefficient (Wildman–Crippen LogP) is 11.3. The van der Waals surface area contributed by atoms with Gasteiger partial charge in [0.15, 0.2) is 12.6 Å². The third-order valence-corrected chi connectivity index (χ3v) is 15.2. The largest absolute Gasteiger partial charge is 0.394 e. The summed E-state index contributed by atoms with van der Waals surface area (Å²) in [6.07, 6.45) is 46.9. The van der Waals surface area contributed by atoms with Crippen molar-refractivity contribution in [3.05, 3.63) is 60.8 Å². The zero-order valence-electron chi connectivity index (χ0n) is 48.9. The second-order valence-corrected chi connectivity index (χ2v) is 22.2. The Bertz CT molecular complexity index is 1540. The van der Waals surface area contributed by atoms with Gasteiger partial charge in [-0.3, -0.25) is 4.79 Å². The number of hydrogen-bond donors (Lipinski definition) is 9. The van der Waals surface area contributed by atoms with Crippen LogP contribution in [0.4, 0.5) is 0 Å². The van der Waals surface area contributed by atoms with Gasteiger partial charge < -0.3 is 65.1 Å². The van der Waals surface area contributed by atoms with E-state index in [1.807, 2.05) is 6.08 Å². The van der Waals surface area contributed by atoms with Crippen molar-refractivity contribution in [2.45, 2.75) is 319 Å². The molecule has 0 aromatic carbocycles. The predicted molar refractivity (Wildman–Crippen MR) is 314 cm³/mol. The number of nitrogens with one attached hydrogen (secondary N) is 1. The number of carbonyl (C=O) groups is 1. The number of aliphatic hydroxyl groups is 8. The van der Waals surface area contributed by atoms with Gasteiger partial charge in [-0.05, 0) is 70.6 Å². The van der Waals surface area contributed by atoms with Crippen LogP contribution < -0.4 is 5.32 Å². The molecule has 2 aliphatic rings. The highest BCUT2D eigenvalue weighted by molar-refractivity contribution is 5.76. The molecule has 14 heteroatoms. The summed E-state index contributed by atoms with van der Waals surface area (Å²) in [6.45, 7) is 2.76. The van der Waals surface area contributed by atoms with Crippen molar-refractivity contribution in [1.82, 2.24) is 5.32 Å². The summed E-state index contributed by atoms with van der Waals surface area (Å²) in [5, 5.41) is 87.2. The molecule has 0 aliphatic carbocycles. The lowest BCUT2D eigenvalue weighted by molar-refractivity contribution is -0.359. The molecule has 2 rings (SSSR count). The summed E-state index contributed by atoms with van der Waals surface area (Å²) in [6, 6.07) is -0.942. The molecule has 454 valence electrons.